The molecule has 0 bridgehead atoms. The molecule has 0 aliphatic rings. The molecule has 5 nitrogen and oxygen atoms in total. The first-order valence-electron chi connectivity index (χ1n) is 7.50. The summed E-state index contributed by atoms with van der Waals surface area (Å²) >= 11 is 0. The number of methoxy groups -OCH3 is 1. The topological polar surface area (TPSA) is 56.1 Å². The summed E-state index contributed by atoms with van der Waals surface area (Å²) in [5, 5.41) is 4.08. The number of hydrogen-bond acceptors (Lipinski definition) is 3. The number of rotatable bonds is 5. The van der Waals surface area contributed by atoms with Gasteiger partial charge in [0.2, 0.25) is 0 Å². The molecule has 5 heteroatoms. The highest BCUT2D eigenvalue weighted by Crippen LogP contribution is 2.18. The first kappa shape index (κ1) is 15.1. The van der Waals surface area contributed by atoms with Gasteiger partial charge in [-0.15, -0.1) is 0 Å². The fourth-order valence-electron chi connectivity index (χ4n) is 2.65. The van der Waals surface area contributed by atoms with E-state index in [1.165, 1.54) is 5.56 Å². The first-order valence-corrected chi connectivity index (χ1v) is 7.50. The molecule has 0 aliphatic heterocycles. The molecule has 0 atom stereocenters. The van der Waals surface area contributed by atoms with E-state index in [1.54, 1.807) is 37.6 Å². The summed E-state index contributed by atoms with van der Waals surface area (Å²) in [6.45, 7) is 0.582. The van der Waals surface area contributed by atoms with Crippen molar-refractivity contribution < 1.29 is 9.53 Å². The Bertz CT molecular complexity index is 822. The quantitative estimate of drug-likeness (QED) is 0.788. The van der Waals surface area contributed by atoms with Crippen molar-refractivity contribution in [1.29, 1.82) is 0 Å². The third kappa shape index (κ3) is 3.18. The molecule has 3 rings (SSSR count). The second-order valence-corrected chi connectivity index (χ2v) is 5.37. The minimum Gasteiger partial charge on any atom is -0.497 e. The van der Waals surface area contributed by atoms with Gasteiger partial charge in [-0.3, -0.25) is 4.79 Å². The minimum absolute atomic E-state index is 0.0778. The molecule has 0 saturated carbocycles. The average molecular weight is 309 g/mol. The zero-order valence-corrected chi connectivity index (χ0v) is 13.2. The van der Waals surface area contributed by atoms with Crippen molar-refractivity contribution in [2.45, 2.75) is 6.42 Å². The van der Waals surface area contributed by atoms with Crippen LogP contribution in [0.1, 0.15) is 15.9 Å². The van der Waals surface area contributed by atoms with Crippen LogP contribution in [-0.4, -0.2) is 29.1 Å². The lowest BCUT2D eigenvalue weighted by molar-refractivity contribution is 0.0954. The van der Waals surface area contributed by atoms with Gasteiger partial charge in [0, 0.05) is 36.9 Å². The molecule has 0 spiro atoms. The highest BCUT2D eigenvalue weighted by Gasteiger charge is 2.08. The molecule has 0 unspecified atom stereocenters. The number of ether oxygens (including phenoxy) is 1. The summed E-state index contributed by atoms with van der Waals surface area (Å²) in [5.41, 5.74) is 2.78. The van der Waals surface area contributed by atoms with Gasteiger partial charge in [0.25, 0.3) is 5.91 Å². The van der Waals surface area contributed by atoms with Gasteiger partial charge in [0.05, 0.1) is 7.11 Å². The van der Waals surface area contributed by atoms with E-state index < -0.39 is 0 Å². The van der Waals surface area contributed by atoms with Crippen molar-refractivity contribution in [1.82, 2.24) is 14.9 Å². The maximum absolute atomic E-state index is 12.1. The summed E-state index contributed by atoms with van der Waals surface area (Å²) < 4.78 is 7.10. The Morgan fingerprint density at radius 1 is 1.26 bits per heavy atom. The van der Waals surface area contributed by atoms with E-state index >= 15 is 0 Å². The normalized spacial score (nSPS) is 10.7. The van der Waals surface area contributed by atoms with E-state index in [4.69, 9.17) is 4.74 Å². The summed E-state index contributed by atoms with van der Waals surface area (Å²) in [6.07, 6.45) is 4.62. The predicted octanol–water partition coefficient (Wildman–Crippen LogP) is 2.55. The second kappa shape index (κ2) is 6.52. The average Bonchev–Trinajstić information content (AvgIpc) is 2.91. The van der Waals surface area contributed by atoms with Gasteiger partial charge in [-0.05, 0) is 48.4 Å². The van der Waals surface area contributed by atoms with Crippen molar-refractivity contribution in [3.05, 3.63) is 59.9 Å². The fraction of sp³-hybridized carbons (Fsp3) is 0.222. The summed E-state index contributed by atoms with van der Waals surface area (Å²) in [5.74, 6) is 0.663. The zero-order valence-electron chi connectivity index (χ0n) is 13.2. The summed E-state index contributed by atoms with van der Waals surface area (Å²) in [4.78, 5) is 16.5. The van der Waals surface area contributed by atoms with Crippen LogP contribution in [0.5, 0.6) is 5.75 Å². The Hall–Kier alpha value is -2.82. The number of fused-ring (bicyclic) bond motifs is 1. The van der Waals surface area contributed by atoms with Crippen LogP contribution < -0.4 is 10.1 Å². The molecule has 118 valence electrons. The van der Waals surface area contributed by atoms with E-state index in [0.29, 0.717) is 12.1 Å². The zero-order chi connectivity index (χ0) is 16.2. The lowest BCUT2D eigenvalue weighted by atomic mass is 10.1. The molecule has 23 heavy (non-hydrogen) atoms. The molecular formula is C18H19N3O2. The Labute approximate surface area is 134 Å². The molecule has 1 aromatic carbocycles. The number of pyridine rings is 1. The lowest BCUT2D eigenvalue weighted by Gasteiger charge is -2.06. The van der Waals surface area contributed by atoms with Crippen LogP contribution >= 0.6 is 0 Å². The Balaban J connectivity index is 1.63. The van der Waals surface area contributed by atoms with Gasteiger partial charge >= 0.3 is 0 Å². The van der Waals surface area contributed by atoms with Gasteiger partial charge in [-0.1, -0.05) is 0 Å². The predicted molar refractivity (Wildman–Crippen MR) is 89.7 cm³/mol. The van der Waals surface area contributed by atoms with Crippen molar-refractivity contribution in [2.75, 3.05) is 13.7 Å². The Morgan fingerprint density at radius 3 is 2.78 bits per heavy atom. The second-order valence-electron chi connectivity index (χ2n) is 5.37. The van der Waals surface area contributed by atoms with E-state index in [9.17, 15) is 4.79 Å². The number of aromatic nitrogens is 2. The minimum atomic E-state index is -0.0778. The number of aryl methyl sites for hydroxylation is 1. The van der Waals surface area contributed by atoms with Crippen LogP contribution in [0.25, 0.3) is 11.0 Å². The van der Waals surface area contributed by atoms with Crippen LogP contribution in [0.15, 0.2) is 48.8 Å². The number of carbonyl (C=O) groups excluding carboxylic acids is 1. The van der Waals surface area contributed by atoms with Crippen molar-refractivity contribution >= 4 is 16.9 Å². The van der Waals surface area contributed by atoms with E-state index in [0.717, 1.165) is 23.2 Å². The molecule has 0 saturated heterocycles. The molecule has 2 aromatic heterocycles. The highest BCUT2D eigenvalue weighted by molar-refractivity contribution is 5.94. The van der Waals surface area contributed by atoms with Crippen molar-refractivity contribution in [2.24, 2.45) is 7.05 Å². The number of amides is 1. The summed E-state index contributed by atoms with van der Waals surface area (Å²) in [6, 6.07) is 11.1. The number of benzene rings is 1. The summed E-state index contributed by atoms with van der Waals surface area (Å²) in [7, 11) is 3.59. The molecule has 1 amide bonds. The highest BCUT2D eigenvalue weighted by atomic mass is 16.5. The van der Waals surface area contributed by atoms with Crippen molar-refractivity contribution in [3.63, 3.8) is 0 Å². The Morgan fingerprint density at radius 2 is 2.04 bits per heavy atom. The maximum Gasteiger partial charge on any atom is 0.251 e. The first-order chi connectivity index (χ1) is 11.2. The molecule has 0 radical (unpaired) electrons. The van der Waals surface area contributed by atoms with Crippen molar-refractivity contribution in [3.8, 4) is 5.75 Å². The van der Waals surface area contributed by atoms with Crippen LogP contribution in [0.4, 0.5) is 0 Å². The number of carbonyl (C=O) groups is 1. The molecule has 1 N–H and O–H groups in total. The smallest absolute Gasteiger partial charge is 0.251 e. The van der Waals surface area contributed by atoms with Gasteiger partial charge in [-0.25, -0.2) is 4.98 Å². The number of nitrogens with zero attached hydrogens (tertiary/aromatic N) is 2. The van der Waals surface area contributed by atoms with Crippen LogP contribution in [-0.2, 0) is 13.5 Å². The fourth-order valence-corrected chi connectivity index (χ4v) is 2.65. The van der Waals surface area contributed by atoms with E-state index in [2.05, 4.69) is 22.6 Å². The Kier molecular flexibility index (Phi) is 4.28. The third-order valence-electron chi connectivity index (χ3n) is 3.85. The van der Waals surface area contributed by atoms with Gasteiger partial charge in [0.1, 0.15) is 11.4 Å². The maximum atomic E-state index is 12.1. The number of nitrogens with one attached hydrogen (secondary N) is 1. The lowest BCUT2D eigenvalue weighted by Crippen LogP contribution is -2.25. The molecule has 0 aliphatic carbocycles. The van der Waals surface area contributed by atoms with Gasteiger partial charge < -0.3 is 14.6 Å². The van der Waals surface area contributed by atoms with Gasteiger partial charge in [-0.2, -0.15) is 0 Å². The molecule has 2 heterocycles. The van der Waals surface area contributed by atoms with Crippen LogP contribution in [0.2, 0.25) is 0 Å². The molecule has 3 aromatic rings. The molecule has 0 fully saturated rings. The van der Waals surface area contributed by atoms with E-state index in [1.807, 2.05) is 17.7 Å². The number of hydrogen-bond donors (Lipinski definition) is 1. The van der Waals surface area contributed by atoms with Crippen LogP contribution in [0, 0.1) is 0 Å². The standard InChI is InChI=1S/C18H19N3O2/c1-21-12-14(16-4-3-10-19-17(16)21)9-11-20-18(22)13-5-7-15(23-2)8-6-13/h3-8,10,12H,9,11H2,1-2H3,(H,20,22). The van der Waals surface area contributed by atoms with Gasteiger partial charge in [0.15, 0.2) is 0 Å². The largest absolute Gasteiger partial charge is 0.497 e. The van der Waals surface area contributed by atoms with E-state index in [-0.39, 0.29) is 5.91 Å². The SMILES string of the molecule is COc1ccc(C(=O)NCCc2cn(C)c3ncccc23)cc1. The monoisotopic (exact) mass is 309 g/mol. The third-order valence-corrected chi connectivity index (χ3v) is 3.85. The molecular weight excluding hydrogens is 290 g/mol. The van der Waals surface area contributed by atoms with Crippen LogP contribution in [0.3, 0.4) is 0 Å².